The van der Waals surface area contributed by atoms with E-state index in [9.17, 15) is 17.6 Å². The fourth-order valence-electron chi connectivity index (χ4n) is 2.87. The average molecular weight is 379 g/mol. The highest BCUT2D eigenvalue weighted by Gasteiger charge is 2.30. The molecule has 1 saturated carbocycles. The zero-order valence-corrected chi connectivity index (χ0v) is 14.6. The van der Waals surface area contributed by atoms with Crippen LogP contribution in [0.3, 0.4) is 0 Å². The van der Waals surface area contributed by atoms with Crippen LogP contribution in [0.2, 0.25) is 0 Å². The molecule has 2 aromatic rings. The van der Waals surface area contributed by atoms with Gasteiger partial charge >= 0.3 is 0 Å². The molecule has 0 saturated heterocycles. The van der Waals surface area contributed by atoms with Crippen molar-refractivity contribution in [2.75, 3.05) is 11.9 Å². The van der Waals surface area contributed by atoms with Gasteiger partial charge in [0.1, 0.15) is 10.7 Å². The Kier molecular flexibility index (Phi) is 4.25. The summed E-state index contributed by atoms with van der Waals surface area (Å²) >= 11 is 0. The van der Waals surface area contributed by atoms with Gasteiger partial charge in [0.25, 0.3) is 5.91 Å². The maximum atomic E-state index is 14.0. The molecule has 0 spiro atoms. The smallest absolute Gasteiger partial charge is 0.276 e. The minimum absolute atomic E-state index is 0.138. The third-order valence-corrected chi connectivity index (χ3v) is 5.93. The van der Waals surface area contributed by atoms with Crippen molar-refractivity contribution in [3.63, 3.8) is 0 Å². The van der Waals surface area contributed by atoms with Crippen LogP contribution in [-0.4, -0.2) is 37.1 Å². The summed E-state index contributed by atoms with van der Waals surface area (Å²) in [5.74, 6) is -1.34. The molecule has 0 unspecified atom stereocenters. The number of anilines is 1. The van der Waals surface area contributed by atoms with Gasteiger partial charge < -0.3 is 10.6 Å². The fourth-order valence-corrected chi connectivity index (χ4v) is 4.28. The zero-order valence-electron chi connectivity index (χ0n) is 13.8. The van der Waals surface area contributed by atoms with Crippen molar-refractivity contribution < 1.29 is 17.6 Å². The predicted molar refractivity (Wildman–Crippen MR) is 91.7 cm³/mol. The number of benzene rings is 1. The Hall–Kier alpha value is -2.30. The standard InChI is InChI=1S/C16H18FN5O3S/c17-12-4-3-10(7-14(12)26(24,25)22-9-1-2-9)19-16(23)15-11-8-18-6-5-13(11)20-21-15/h3-4,7,9,18,22H,1-2,5-6,8H2,(H,19,23)(H,20,21). The van der Waals surface area contributed by atoms with Crippen molar-refractivity contribution in [1.82, 2.24) is 20.2 Å². The van der Waals surface area contributed by atoms with E-state index in [-0.39, 0.29) is 17.4 Å². The third-order valence-electron chi connectivity index (χ3n) is 4.40. The summed E-state index contributed by atoms with van der Waals surface area (Å²) in [6.07, 6.45) is 2.24. The number of nitrogens with one attached hydrogen (secondary N) is 4. The Morgan fingerprint density at radius 3 is 2.88 bits per heavy atom. The molecule has 10 heteroatoms. The first kappa shape index (κ1) is 17.1. The Labute approximate surface area is 149 Å². The fraction of sp³-hybridized carbons (Fsp3) is 0.375. The van der Waals surface area contributed by atoms with Gasteiger partial charge in [-0.2, -0.15) is 5.10 Å². The predicted octanol–water partition coefficient (Wildman–Crippen LogP) is 0.887. The van der Waals surface area contributed by atoms with E-state index in [0.29, 0.717) is 6.54 Å². The number of nitrogens with zero attached hydrogens (tertiary/aromatic N) is 1. The van der Waals surface area contributed by atoms with Crippen LogP contribution in [0.1, 0.15) is 34.6 Å². The number of aromatic nitrogens is 2. The van der Waals surface area contributed by atoms with Crippen molar-refractivity contribution in [3.8, 4) is 0 Å². The second-order valence-electron chi connectivity index (χ2n) is 6.45. The molecule has 1 fully saturated rings. The van der Waals surface area contributed by atoms with Crippen LogP contribution in [0.25, 0.3) is 0 Å². The molecule has 2 heterocycles. The molecule has 1 aromatic carbocycles. The molecule has 1 aliphatic heterocycles. The highest BCUT2D eigenvalue weighted by Crippen LogP contribution is 2.25. The van der Waals surface area contributed by atoms with E-state index in [1.165, 1.54) is 6.07 Å². The molecule has 4 N–H and O–H groups in total. The molecule has 0 radical (unpaired) electrons. The lowest BCUT2D eigenvalue weighted by atomic mass is 10.1. The lowest BCUT2D eigenvalue weighted by Crippen LogP contribution is -2.27. The summed E-state index contributed by atoms with van der Waals surface area (Å²) in [6, 6.07) is 3.33. The number of amides is 1. The highest BCUT2D eigenvalue weighted by atomic mass is 32.2. The number of fused-ring (bicyclic) bond motifs is 1. The molecular weight excluding hydrogens is 361 g/mol. The molecule has 2 aliphatic rings. The topological polar surface area (TPSA) is 116 Å². The summed E-state index contributed by atoms with van der Waals surface area (Å²) in [5, 5.41) is 12.7. The number of halogens is 1. The Morgan fingerprint density at radius 2 is 2.12 bits per heavy atom. The van der Waals surface area contributed by atoms with Crippen molar-refractivity contribution in [2.45, 2.75) is 36.7 Å². The number of H-pyrrole nitrogens is 1. The van der Waals surface area contributed by atoms with Crippen molar-refractivity contribution in [2.24, 2.45) is 0 Å². The number of hydrogen-bond acceptors (Lipinski definition) is 5. The van der Waals surface area contributed by atoms with Crippen LogP contribution in [0.4, 0.5) is 10.1 Å². The summed E-state index contributed by atoms with van der Waals surface area (Å²) in [5.41, 5.74) is 2.13. The Bertz CT molecular complexity index is 968. The first-order chi connectivity index (χ1) is 12.4. The van der Waals surface area contributed by atoms with E-state index >= 15 is 0 Å². The largest absolute Gasteiger partial charge is 0.321 e. The molecule has 4 rings (SSSR count). The molecule has 1 aliphatic carbocycles. The number of hydrogen-bond donors (Lipinski definition) is 4. The molecule has 0 bridgehead atoms. The number of rotatable bonds is 5. The van der Waals surface area contributed by atoms with Gasteiger partial charge in [-0.05, 0) is 31.0 Å². The minimum atomic E-state index is -3.96. The van der Waals surface area contributed by atoms with Crippen LogP contribution in [0, 0.1) is 5.82 Å². The van der Waals surface area contributed by atoms with Crippen LogP contribution >= 0.6 is 0 Å². The quantitative estimate of drug-likeness (QED) is 0.616. The first-order valence-electron chi connectivity index (χ1n) is 8.34. The van der Waals surface area contributed by atoms with Crippen LogP contribution in [0.15, 0.2) is 23.1 Å². The number of carbonyl (C=O) groups excluding carboxylic acids is 1. The first-order valence-corrected chi connectivity index (χ1v) is 9.82. The summed E-state index contributed by atoms with van der Waals surface area (Å²) in [4.78, 5) is 12.0. The van der Waals surface area contributed by atoms with Crippen molar-refractivity contribution >= 4 is 21.6 Å². The van der Waals surface area contributed by atoms with Gasteiger partial charge in [-0.1, -0.05) is 0 Å². The second kappa shape index (κ2) is 6.45. The normalized spacial score (nSPS) is 17.0. The van der Waals surface area contributed by atoms with Gasteiger partial charge in [-0.15, -0.1) is 0 Å². The average Bonchev–Trinajstić information content (AvgIpc) is 3.30. The Balaban J connectivity index is 1.57. The summed E-state index contributed by atoms with van der Waals surface area (Å²) in [7, 11) is -3.96. The van der Waals surface area contributed by atoms with Gasteiger partial charge in [0, 0.05) is 42.5 Å². The lowest BCUT2D eigenvalue weighted by Gasteiger charge is -2.13. The molecule has 0 atom stereocenters. The van der Waals surface area contributed by atoms with Crippen LogP contribution in [-0.2, 0) is 23.0 Å². The van der Waals surface area contributed by atoms with Crippen molar-refractivity contribution in [1.29, 1.82) is 0 Å². The second-order valence-corrected chi connectivity index (χ2v) is 8.13. The minimum Gasteiger partial charge on any atom is -0.321 e. The monoisotopic (exact) mass is 379 g/mol. The summed E-state index contributed by atoms with van der Waals surface area (Å²) in [6.45, 7) is 1.34. The molecule has 138 valence electrons. The van der Waals surface area contributed by atoms with E-state index in [1.807, 2.05) is 0 Å². The van der Waals surface area contributed by atoms with Gasteiger partial charge in [0.15, 0.2) is 5.69 Å². The van der Waals surface area contributed by atoms with Crippen LogP contribution < -0.4 is 15.4 Å². The molecule has 1 amide bonds. The van der Waals surface area contributed by atoms with Gasteiger partial charge in [0.05, 0.1) is 0 Å². The summed E-state index contributed by atoms with van der Waals surface area (Å²) < 4.78 is 41.0. The van der Waals surface area contributed by atoms with E-state index in [1.54, 1.807) is 0 Å². The van der Waals surface area contributed by atoms with Gasteiger partial charge in [-0.25, -0.2) is 17.5 Å². The number of aromatic amines is 1. The van der Waals surface area contributed by atoms with Gasteiger partial charge in [0.2, 0.25) is 10.0 Å². The molecular formula is C16H18FN5O3S. The van der Waals surface area contributed by atoms with Gasteiger partial charge in [-0.3, -0.25) is 9.89 Å². The molecule has 1 aromatic heterocycles. The number of sulfonamides is 1. The zero-order chi connectivity index (χ0) is 18.3. The van der Waals surface area contributed by atoms with E-state index < -0.39 is 26.6 Å². The van der Waals surface area contributed by atoms with Crippen LogP contribution in [0.5, 0.6) is 0 Å². The maximum Gasteiger partial charge on any atom is 0.276 e. The van der Waals surface area contributed by atoms with E-state index in [0.717, 1.165) is 49.2 Å². The van der Waals surface area contributed by atoms with Crippen molar-refractivity contribution in [3.05, 3.63) is 41.0 Å². The number of carbonyl (C=O) groups is 1. The SMILES string of the molecule is O=C(Nc1ccc(F)c(S(=O)(=O)NC2CC2)c1)c1n[nH]c2c1CNCC2. The lowest BCUT2D eigenvalue weighted by molar-refractivity contribution is 0.102. The maximum absolute atomic E-state index is 14.0. The third kappa shape index (κ3) is 3.35. The van der Waals surface area contributed by atoms with E-state index in [2.05, 4.69) is 25.6 Å². The Morgan fingerprint density at radius 1 is 1.31 bits per heavy atom. The highest BCUT2D eigenvalue weighted by molar-refractivity contribution is 7.89. The van der Waals surface area contributed by atoms with E-state index in [4.69, 9.17) is 0 Å². The molecule has 26 heavy (non-hydrogen) atoms. The molecule has 8 nitrogen and oxygen atoms in total.